The van der Waals surface area contributed by atoms with Crippen molar-refractivity contribution in [2.45, 2.75) is 17.6 Å². The van der Waals surface area contributed by atoms with Gasteiger partial charge in [-0.1, -0.05) is 0 Å². The van der Waals surface area contributed by atoms with Crippen LogP contribution in [-0.4, -0.2) is 56.2 Å². The van der Waals surface area contributed by atoms with E-state index in [1.165, 1.54) is 11.3 Å². The van der Waals surface area contributed by atoms with Crippen LogP contribution in [0.2, 0.25) is 0 Å². The van der Waals surface area contributed by atoms with E-state index in [4.69, 9.17) is 11.6 Å². The molecule has 0 unspecified atom stereocenters. The van der Waals surface area contributed by atoms with Crippen molar-refractivity contribution in [1.29, 1.82) is 0 Å². The molecule has 0 N–H and O–H groups in total. The first-order chi connectivity index (χ1) is 9.45. The third kappa shape index (κ3) is 3.75. The van der Waals surface area contributed by atoms with Gasteiger partial charge < -0.3 is 4.90 Å². The fourth-order valence-corrected chi connectivity index (χ4v) is 6.31. The number of hydrogen-bond acceptors (Lipinski definition) is 4. The van der Waals surface area contributed by atoms with Crippen molar-refractivity contribution in [1.82, 2.24) is 9.21 Å². The van der Waals surface area contributed by atoms with Gasteiger partial charge in [0.15, 0.2) is 0 Å². The van der Waals surface area contributed by atoms with Gasteiger partial charge in [0.1, 0.15) is 4.21 Å². The number of sulfonamides is 1. The van der Waals surface area contributed by atoms with E-state index in [-0.39, 0.29) is 0 Å². The number of rotatable bonds is 4. The molecule has 1 aliphatic rings. The summed E-state index contributed by atoms with van der Waals surface area (Å²) in [5.41, 5.74) is 0.965. The second-order valence-corrected chi connectivity index (χ2v) is 9.72. The molecule has 1 aliphatic heterocycles. The van der Waals surface area contributed by atoms with Gasteiger partial charge in [-0.05, 0) is 47.4 Å². The SMILES string of the molecule is Cc1cc(S(=O)(=O)N2CCCN(CCCl)CC2)sc1Br. The number of nitrogens with zero attached hydrogens (tertiary/aromatic N) is 2. The first-order valence-electron chi connectivity index (χ1n) is 6.49. The van der Waals surface area contributed by atoms with E-state index in [0.29, 0.717) is 23.2 Å². The number of hydrogen-bond donors (Lipinski definition) is 0. The Morgan fingerprint density at radius 1 is 1.35 bits per heavy atom. The van der Waals surface area contributed by atoms with E-state index in [1.807, 2.05) is 6.92 Å². The lowest BCUT2D eigenvalue weighted by Crippen LogP contribution is -2.35. The number of thiophene rings is 1. The van der Waals surface area contributed by atoms with Gasteiger partial charge >= 0.3 is 0 Å². The minimum atomic E-state index is -3.36. The van der Waals surface area contributed by atoms with Crippen LogP contribution in [0.4, 0.5) is 0 Å². The second kappa shape index (κ2) is 7.07. The van der Waals surface area contributed by atoms with Crippen molar-refractivity contribution in [2.24, 2.45) is 0 Å². The summed E-state index contributed by atoms with van der Waals surface area (Å²) in [5, 5.41) is 0. The van der Waals surface area contributed by atoms with Crippen LogP contribution in [0.5, 0.6) is 0 Å². The quantitative estimate of drug-likeness (QED) is 0.728. The molecular formula is C12H18BrClN2O2S2. The standard InChI is InChI=1S/C12H18BrClN2O2S2/c1-10-9-11(19-12(10)13)20(17,18)16-5-2-4-15(6-3-14)7-8-16/h9H,2-8H2,1H3. The summed E-state index contributed by atoms with van der Waals surface area (Å²) in [5.74, 6) is 0.587. The number of halogens is 2. The van der Waals surface area contributed by atoms with E-state index in [1.54, 1.807) is 10.4 Å². The van der Waals surface area contributed by atoms with Crippen molar-refractivity contribution in [3.8, 4) is 0 Å². The molecule has 0 radical (unpaired) electrons. The predicted molar refractivity (Wildman–Crippen MR) is 87.3 cm³/mol. The molecule has 1 aromatic heterocycles. The van der Waals surface area contributed by atoms with Gasteiger partial charge in [-0.15, -0.1) is 22.9 Å². The first kappa shape index (κ1) is 16.7. The molecule has 4 nitrogen and oxygen atoms in total. The van der Waals surface area contributed by atoms with Crippen LogP contribution >= 0.6 is 38.9 Å². The van der Waals surface area contributed by atoms with E-state index >= 15 is 0 Å². The predicted octanol–water partition coefficient (Wildman–Crippen LogP) is 2.75. The number of aryl methyl sites for hydroxylation is 1. The third-order valence-corrected chi connectivity index (χ3v) is 8.03. The fraction of sp³-hybridized carbons (Fsp3) is 0.667. The summed E-state index contributed by atoms with van der Waals surface area (Å²) < 4.78 is 28.2. The molecule has 0 amide bonds. The summed E-state index contributed by atoms with van der Waals surface area (Å²) in [6, 6.07) is 1.74. The highest BCUT2D eigenvalue weighted by molar-refractivity contribution is 9.11. The molecule has 1 aromatic rings. The Morgan fingerprint density at radius 3 is 2.70 bits per heavy atom. The number of alkyl halides is 1. The highest BCUT2D eigenvalue weighted by Crippen LogP contribution is 2.32. The minimum Gasteiger partial charge on any atom is -0.301 e. The Morgan fingerprint density at radius 2 is 2.10 bits per heavy atom. The van der Waals surface area contributed by atoms with Crippen LogP contribution < -0.4 is 0 Å². The monoisotopic (exact) mass is 400 g/mol. The van der Waals surface area contributed by atoms with Crippen LogP contribution in [0.3, 0.4) is 0 Å². The summed E-state index contributed by atoms with van der Waals surface area (Å²) in [6.07, 6.45) is 0.849. The Bertz CT molecular complexity index is 542. The lowest BCUT2D eigenvalue weighted by molar-refractivity contribution is 0.303. The maximum atomic E-state index is 12.6. The molecule has 0 bridgehead atoms. The Hall–Kier alpha value is 0.340. The van der Waals surface area contributed by atoms with Crippen LogP contribution in [0.25, 0.3) is 0 Å². The lowest BCUT2D eigenvalue weighted by atomic mass is 10.4. The molecule has 8 heteroatoms. The van der Waals surface area contributed by atoms with Crippen molar-refractivity contribution in [3.63, 3.8) is 0 Å². The zero-order valence-electron chi connectivity index (χ0n) is 11.3. The zero-order valence-corrected chi connectivity index (χ0v) is 15.3. The molecule has 2 heterocycles. The van der Waals surface area contributed by atoms with E-state index in [9.17, 15) is 8.42 Å². The molecule has 0 aromatic carbocycles. The van der Waals surface area contributed by atoms with E-state index in [2.05, 4.69) is 20.8 Å². The van der Waals surface area contributed by atoms with Crippen molar-refractivity contribution < 1.29 is 8.42 Å². The molecule has 0 atom stereocenters. The molecular weight excluding hydrogens is 384 g/mol. The molecule has 0 spiro atoms. The highest BCUT2D eigenvalue weighted by Gasteiger charge is 2.28. The molecule has 114 valence electrons. The summed E-state index contributed by atoms with van der Waals surface area (Å²) in [6.45, 7) is 5.50. The first-order valence-corrected chi connectivity index (χ1v) is 10.1. The van der Waals surface area contributed by atoms with Crippen molar-refractivity contribution in [3.05, 3.63) is 15.4 Å². The second-order valence-electron chi connectivity index (χ2n) is 4.81. The van der Waals surface area contributed by atoms with Gasteiger partial charge in [-0.3, -0.25) is 0 Å². The normalized spacial score (nSPS) is 19.1. The Kier molecular flexibility index (Phi) is 5.90. The summed E-state index contributed by atoms with van der Waals surface area (Å²) in [4.78, 5) is 2.22. The van der Waals surface area contributed by atoms with Gasteiger partial charge in [-0.2, -0.15) is 4.31 Å². The molecule has 2 rings (SSSR count). The maximum absolute atomic E-state index is 12.6. The van der Waals surface area contributed by atoms with Gasteiger partial charge in [0, 0.05) is 32.1 Å². The molecule has 1 saturated heterocycles. The smallest absolute Gasteiger partial charge is 0.252 e. The van der Waals surface area contributed by atoms with Gasteiger partial charge in [0.2, 0.25) is 0 Å². The van der Waals surface area contributed by atoms with Crippen molar-refractivity contribution >= 4 is 48.9 Å². The van der Waals surface area contributed by atoms with Gasteiger partial charge in [-0.25, -0.2) is 8.42 Å². The largest absolute Gasteiger partial charge is 0.301 e. The maximum Gasteiger partial charge on any atom is 0.252 e. The average Bonchev–Trinajstić information content (AvgIpc) is 2.63. The molecule has 20 heavy (non-hydrogen) atoms. The topological polar surface area (TPSA) is 40.6 Å². The van der Waals surface area contributed by atoms with Gasteiger partial charge in [0.05, 0.1) is 3.79 Å². The molecule has 0 saturated carbocycles. The zero-order chi connectivity index (χ0) is 14.8. The van der Waals surface area contributed by atoms with E-state index < -0.39 is 10.0 Å². The Balaban J connectivity index is 2.13. The Labute approximate surface area is 137 Å². The molecule has 1 fully saturated rings. The van der Waals surface area contributed by atoms with E-state index in [0.717, 1.165) is 35.4 Å². The van der Waals surface area contributed by atoms with Crippen LogP contribution in [0.1, 0.15) is 12.0 Å². The molecule has 0 aliphatic carbocycles. The summed E-state index contributed by atoms with van der Waals surface area (Å²) >= 11 is 10.4. The van der Waals surface area contributed by atoms with Crippen LogP contribution in [0, 0.1) is 6.92 Å². The lowest BCUT2D eigenvalue weighted by Gasteiger charge is -2.20. The minimum absolute atomic E-state index is 0.424. The van der Waals surface area contributed by atoms with Gasteiger partial charge in [0.25, 0.3) is 10.0 Å². The highest BCUT2D eigenvalue weighted by atomic mass is 79.9. The van der Waals surface area contributed by atoms with Crippen molar-refractivity contribution in [2.75, 3.05) is 38.6 Å². The average molecular weight is 402 g/mol. The fourth-order valence-electron chi connectivity index (χ4n) is 2.22. The third-order valence-electron chi connectivity index (χ3n) is 3.38. The van der Waals surface area contributed by atoms with Crippen LogP contribution in [0.15, 0.2) is 14.1 Å². The van der Waals surface area contributed by atoms with Crippen LogP contribution in [-0.2, 0) is 10.0 Å². The summed E-state index contributed by atoms with van der Waals surface area (Å²) in [7, 11) is -3.36.